The number of carbonyl (C=O) groups is 1. The van der Waals surface area contributed by atoms with E-state index in [2.05, 4.69) is 20.5 Å². The molecule has 158 valence electrons. The Bertz CT molecular complexity index is 1340. The van der Waals surface area contributed by atoms with Crippen molar-refractivity contribution in [1.82, 2.24) is 25.0 Å². The summed E-state index contributed by atoms with van der Waals surface area (Å²) in [5.41, 5.74) is 12.6. The van der Waals surface area contributed by atoms with Gasteiger partial charge < -0.3 is 5.73 Å². The largest absolute Gasteiger partial charge is 0.350 e. The molecule has 3 N–H and O–H groups in total. The Hall–Kier alpha value is -3.88. The van der Waals surface area contributed by atoms with Crippen molar-refractivity contribution in [2.24, 2.45) is 10.8 Å². The lowest BCUT2D eigenvalue weighted by atomic mass is 10.0. The predicted molar refractivity (Wildman–Crippen MR) is 117 cm³/mol. The highest BCUT2D eigenvalue weighted by molar-refractivity contribution is 5.99. The van der Waals surface area contributed by atoms with Crippen LogP contribution in [0.1, 0.15) is 37.6 Å². The van der Waals surface area contributed by atoms with Gasteiger partial charge in [-0.05, 0) is 37.5 Å². The average Bonchev–Trinajstić information content (AvgIpc) is 3.18. The molecule has 0 saturated carbocycles. The second-order valence-corrected chi connectivity index (χ2v) is 7.09. The molecule has 0 aliphatic heterocycles. The molecule has 31 heavy (non-hydrogen) atoms. The molecule has 1 aromatic carbocycles. The molecule has 0 bridgehead atoms. The Morgan fingerprint density at radius 2 is 2.00 bits per heavy atom. The zero-order valence-corrected chi connectivity index (χ0v) is 17.5. The quantitative estimate of drug-likeness (QED) is 0.380. The summed E-state index contributed by atoms with van der Waals surface area (Å²) in [4.78, 5) is 19.9. The van der Waals surface area contributed by atoms with E-state index in [1.54, 1.807) is 29.9 Å². The van der Waals surface area contributed by atoms with Crippen molar-refractivity contribution in [1.29, 1.82) is 0 Å². The first-order chi connectivity index (χ1) is 14.9. The van der Waals surface area contributed by atoms with Crippen molar-refractivity contribution in [2.75, 3.05) is 0 Å². The number of primary amides is 1. The van der Waals surface area contributed by atoms with Crippen LogP contribution in [0.5, 0.6) is 0 Å². The summed E-state index contributed by atoms with van der Waals surface area (Å²) in [7, 11) is 0. The Morgan fingerprint density at radius 1 is 1.23 bits per heavy atom. The number of hydrogen-bond donors (Lipinski definition) is 2. The number of fused-ring (bicyclic) bond motifs is 2. The van der Waals surface area contributed by atoms with Gasteiger partial charge in [-0.25, -0.2) is 24.1 Å². The van der Waals surface area contributed by atoms with Crippen LogP contribution in [0.25, 0.3) is 27.8 Å². The summed E-state index contributed by atoms with van der Waals surface area (Å²) in [6.45, 7) is 5.79. The van der Waals surface area contributed by atoms with Crippen LogP contribution in [0.4, 0.5) is 9.18 Å². The number of nitrogens with zero attached hydrogens (tertiary/aromatic N) is 5. The molecule has 0 saturated heterocycles. The highest BCUT2D eigenvalue weighted by atomic mass is 19.1. The molecule has 0 aliphatic rings. The number of urea groups is 1. The number of nitrogens with two attached hydrogens (primary N) is 1. The lowest BCUT2D eigenvalue weighted by molar-refractivity contribution is 0.249. The van der Waals surface area contributed by atoms with E-state index in [9.17, 15) is 4.79 Å². The maximum absolute atomic E-state index is 15.0. The number of hydrogen-bond acceptors (Lipinski definition) is 5. The fraction of sp³-hybridized carbons (Fsp3) is 0.227. The van der Waals surface area contributed by atoms with E-state index in [-0.39, 0.29) is 0 Å². The summed E-state index contributed by atoms with van der Waals surface area (Å²) < 4.78 is 16.6. The first kappa shape index (κ1) is 20.4. The zero-order chi connectivity index (χ0) is 22.1. The molecule has 0 aliphatic carbocycles. The number of hydrazone groups is 1. The number of nitrogens with one attached hydrogen (secondary N) is 1. The number of benzene rings is 1. The first-order valence-electron chi connectivity index (χ1n) is 9.98. The number of aryl methyl sites for hydroxylation is 1. The van der Waals surface area contributed by atoms with Crippen LogP contribution in [-0.4, -0.2) is 31.3 Å². The molecule has 4 rings (SSSR count). The summed E-state index contributed by atoms with van der Waals surface area (Å²) in [6.07, 6.45) is 4.66. The van der Waals surface area contributed by atoms with Crippen LogP contribution >= 0.6 is 0 Å². The lowest BCUT2D eigenvalue weighted by Crippen LogP contribution is -2.26. The van der Waals surface area contributed by atoms with Gasteiger partial charge in [-0.15, -0.1) is 0 Å². The van der Waals surface area contributed by atoms with Crippen LogP contribution < -0.4 is 11.2 Å². The molecule has 0 atom stereocenters. The van der Waals surface area contributed by atoms with Gasteiger partial charge in [0.2, 0.25) is 0 Å². The van der Waals surface area contributed by atoms with E-state index in [0.29, 0.717) is 46.7 Å². The van der Waals surface area contributed by atoms with Gasteiger partial charge in [0.15, 0.2) is 5.65 Å². The molecule has 0 radical (unpaired) electrons. The van der Waals surface area contributed by atoms with Gasteiger partial charge in [0.1, 0.15) is 11.5 Å². The van der Waals surface area contributed by atoms with Crippen molar-refractivity contribution in [3.63, 3.8) is 0 Å². The highest BCUT2D eigenvalue weighted by Gasteiger charge is 2.20. The smallest absolute Gasteiger partial charge is 0.332 e. The Morgan fingerprint density at radius 3 is 2.71 bits per heavy atom. The number of pyridine rings is 1. The summed E-state index contributed by atoms with van der Waals surface area (Å²) in [5, 5.41) is 9.60. The molecule has 0 fully saturated rings. The van der Waals surface area contributed by atoms with Crippen molar-refractivity contribution < 1.29 is 9.18 Å². The van der Waals surface area contributed by atoms with E-state index in [1.165, 1.54) is 6.07 Å². The summed E-state index contributed by atoms with van der Waals surface area (Å²) in [6, 6.07) is 6.09. The fourth-order valence-electron chi connectivity index (χ4n) is 3.80. The minimum Gasteiger partial charge on any atom is -0.350 e. The molecule has 0 spiro atoms. The topological polar surface area (TPSA) is 111 Å². The van der Waals surface area contributed by atoms with Crippen molar-refractivity contribution in [2.45, 2.75) is 33.6 Å². The van der Waals surface area contributed by atoms with Gasteiger partial charge in [0.25, 0.3) is 0 Å². The lowest BCUT2D eigenvalue weighted by Gasteiger charge is -2.14. The van der Waals surface area contributed by atoms with Crippen LogP contribution in [0.2, 0.25) is 0 Å². The summed E-state index contributed by atoms with van der Waals surface area (Å²) >= 11 is 0. The standard InChI is InChI=1S/C22H22FN7O/c1-4-14-15(5-2)21-26-11-19(30(21)29-20(14)12(3)27-28-22(24)31)16-9-13-7-6-8-25-18(13)10-17(16)23/h6-11H,4-5H2,1-3H3,(H3,24,28,31)/b27-12+. The SMILES string of the molecule is CCc1c(/C(C)=N/NC(N)=O)nn2c(-c3cc4cccnc4cc3F)cnc2c1CC. The normalized spacial score (nSPS) is 11.9. The third-order valence-electron chi connectivity index (χ3n) is 5.21. The van der Waals surface area contributed by atoms with Gasteiger partial charge in [-0.1, -0.05) is 19.9 Å². The second-order valence-electron chi connectivity index (χ2n) is 7.09. The molecule has 8 nitrogen and oxygen atoms in total. The van der Waals surface area contributed by atoms with Crippen LogP contribution in [0.15, 0.2) is 41.8 Å². The maximum atomic E-state index is 15.0. The maximum Gasteiger partial charge on any atom is 0.332 e. The fourth-order valence-corrected chi connectivity index (χ4v) is 3.80. The third kappa shape index (κ3) is 3.58. The number of halogens is 1. The molecular formula is C22H22FN7O. The molecule has 3 aromatic heterocycles. The van der Waals surface area contributed by atoms with Crippen molar-refractivity contribution in [3.8, 4) is 11.3 Å². The number of rotatable bonds is 5. The molecular weight excluding hydrogens is 397 g/mol. The van der Waals surface area contributed by atoms with Gasteiger partial charge in [0.05, 0.1) is 23.1 Å². The minimum absolute atomic E-state index is 0.377. The van der Waals surface area contributed by atoms with E-state index in [4.69, 9.17) is 10.8 Å². The van der Waals surface area contributed by atoms with Crippen LogP contribution in [-0.2, 0) is 12.8 Å². The third-order valence-corrected chi connectivity index (χ3v) is 5.21. The molecule has 0 unspecified atom stereocenters. The monoisotopic (exact) mass is 419 g/mol. The minimum atomic E-state index is -0.760. The van der Waals surface area contributed by atoms with Crippen LogP contribution in [0, 0.1) is 5.82 Å². The predicted octanol–water partition coefficient (Wildman–Crippen LogP) is 3.60. The van der Waals surface area contributed by atoms with E-state index < -0.39 is 11.8 Å². The Kier molecular flexibility index (Phi) is 5.33. The number of amides is 2. The average molecular weight is 419 g/mol. The first-order valence-corrected chi connectivity index (χ1v) is 9.98. The molecule has 9 heteroatoms. The van der Waals surface area contributed by atoms with E-state index in [1.807, 2.05) is 26.0 Å². The van der Waals surface area contributed by atoms with Gasteiger partial charge in [-0.2, -0.15) is 10.2 Å². The van der Waals surface area contributed by atoms with E-state index in [0.717, 1.165) is 16.5 Å². The zero-order valence-electron chi connectivity index (χ0n) is 17.5. The molecule has 4 aromatic rings. The van der Waals surface area contributed by atoms with Crippen LogP contribution in [0.3, 0.4) is 0 Å². The van der Waals surface area contributed by atoms with Gasteiger partial charge >= 0.3 is 6.03 Å². The van der Waals surface area contributed by atoms with Crippen molar-refractivity contribution >= 4 is 28.3 Å². The highest BCUT2D eigenvalue weighted by Crippen LogP contribution is 2.30. The number of carbonyl (C=O) groups excluding carboxylic acids is 1. The summed E-state index contributed by atoms with van der Waals surface area (Å²) in [5.74, 6) is -0.408. The second kappa shape index (κ2) is 8.10. The number of aromatic nitrogens is 4. The Balaban J connectivity index is 1.99. The molecule has 3 heterocycles. The Labute approximate surface area is 178 Å². The van der Waals surface area contributed by atoms with Crippen molar-refractivity contribution in [3.05, 3.63) is 59.3 Å². The van der Waals surface area contributed by atoms with Gasteiger partial charge in [-0.3, -0.25) is 4.98 Å². The van der Waals surface area contributed by atoms with E-state index >= 15 is 4.39 Å². The number of imidazole rings is 1. The van der Waals surface area contributed by atoms with Gasteiger partial charge in [0, 0.05) is 28.8 Å². The molecule has 2 amide bonds.